The van der Waals surface area contributed by atoms with Gasteiger partial charge in [0.2, 0.25) is 5.91 Å². The standard InChI is InChI=1S/C18H30N2O3.ClH/c1-5-23-17-12-14(8-9-16(17)22-4)7-6-10-20-18(21)15(19)11-13(2)3;/h8-9,12-13,15H,5-7,10-11,19H2,1-4H3,(H,20,21);1H/t15-;/m0./s1. The predicted molar refractivity (Wildman–Crippen MR) is 100 cm³/mol. The van der Waals surface area contributed by atoms with Crippen LogP contribution in [0, 0.1) is 5.92 Å². The van der Waals surface area contributed by atoms with E-state index in [1.807, 2.05) is 25.1 Å². The molecule has 0 aliphatic rings. The highest BCUT2D eigenvalue weighted by Gasteiger charge is 2.14. The Morgan fingerprint density at radius 2 is 2.00 bits per heavy atom. The molecule has 0 unspecified atom stereocenters. The van der Waals surface area contributed by atoms with Crippen molar-refractivity contribution in [2.45, 2.75) is 46.1 Å². The summed E-state index contributed by atoms with van der Waals surface area (Å²) in [6, 6.07) is 5.51. The van der Waals surface area contributed by atoms with Gasteiger partial charge in [-0.1, -0.05) is 19.9 Å². The maximum absolute atomic E-state index is 11.8. The number of nitrogens with one attached hydrogen (secondary N) is 1. The van der Waals surface area contributed by atoms with E-state index in [-0.39, 0.29) is 18.3 Å². The molecule has 138 valence electrons. The first kappa shape index (κ1) is 22.5. The molecule has 3 N–H and O–H groups in total. The third-order valence-electron chi connectivity index (χ3n) is 3.53. The van der Waals surface area contributed by atoms with Crippen molar-refractivity contribution in [3.8, 4) is 11.5 Å². The van der Waals surface area contributed by atoms with Crippen LogP contribution in [-0.2, 0) is 11.2 Å². The van der Waals surface area contributed by atoms with Crippen molar-refractivity contribution in [2.75, 3.05) is 20.3 Å². The minimum Gasteiger partial charge on any atom is -0.493 e. The van der Waals surface area contributed by atoms with E-state index in [1.54, 1.807) is 7.11 Å². The molecule has 1 rings (SSSR count). The zero-order valence-corrected chi connectivity index (χ0v) is 15.9. The number of halogens is 1. The number of hydrogen-bond acceptors (Lipinski definition) is 4. The molecule has 1 aromatic rings. The number of amides is 1. The Kier molecular flexibility index (Phi) is 11.3. The van der Waals surface area contributed by atoms with Crippen molar-refractivity contribution in [1.29, 1.82) is 0 Å². The van der Waals surface area contributed by atoms with Crippen molar-refractivity contribution >= 4 is 18.3 Å². The summed E-state index contributed by atoms with van der Waals surface area (Å²) in [5, 5.41) is 2.90. The smallest absolute Gasteiger partial charge is 0.236 e. The van der Waals surface area contributed by atoms with E-state index in [4.69, 9.17) is 15.2 Å². The van der Waals surface area contributed by atoms with Crippen LogP contribution in [0.1, 0.15) is 39.2 Å². The van der Waals surface area contributed by atoms with Crippen molar-refractivity contribution < 1.29 is 14.3 Å². The molecule has 0 aromatic heterocycles. The fourth-order valence-electron chi connectivity index (χ4n) is 2.40. The number of nitrogens with two attached hydrogens (primary N) is 1. The van der Waals surface area contributed by atoms with Crippen LogP contribution in [0.3, 0.4) is 0 Å². The molecule has 1 atom stereocenters. The second-order valence-electron chi connectivity index (χ2n) is 6.05. The molecule has 1 amide bonds. The molecule has 1 aromatic carbocycles. The highest BCUT2D eigenvalue weighted by molar-refractivity contribution is 5.85. The topological polar surface area (TPSA) is 73.6 Å². The summed E-state index contributed by atoms with van der Waals surface area (Å²) in [6.45, 7) is 7.30. The second kappa shape index (κ2) is 12.0. The van der Waals surface area contributed by atoms with Gasteiger partial charge in [0, 0.05) is 6.54 Å². The van der Waals surface area contributed by atoms with Crippen molar-refractivity contribution in [3.05, 3.63) is 23.8 Å². The normalized spacial score (nSPS) is 11.6. The average molecular weight is 359 g/mol. The SMILES string of the molecule is CCOc1cc(CCCNC(=O)[C@@H](N)CC(C)C)ccc1OC.Cl. The van der Waals surface area contributed by atoms with E-state index in [1.165, 1.54) is 0 Å². The first-order valence-corrected chi connectivity index (χ1v) is 8.30. The van der Waals surface area contributed by atoms with E-state index >= 15 is 0 Å². The molecule has 0 radical (unpaired) electrons. The lowest BCUT2D eigenvalue weighted by Gasteiger charge is -2.14. The van der Waals surface area contributed by atoms with Crippen LogP contribution >= 0.6 is 12.4 Å². The number of carbonyl (C=O) groups is 1. The van der Waals surface area contributed by atoms with Crippen LogP contribution in [0.5, 0.6) is 11.5 Å². The van der Waals surface area contributed by atoms with Crippen molar-refractivity contribution in [2.24, 2.45) is 11.7 Å². The van der Waals surface area contributed by atoms with Gasteiger partial charge < -0.3 is 20.5 Å². The number of methoxy groups -OCH3 is 1. The molecule has 0 saturated heterocycles. The average Bonchev–Trinajstić information content (AvgIpc) is 2.51. The number of rotatable bonds is 10. The van der Waals surface area contributed by atoms with Crippen LogP contribution in [0.2, 0.25) is 0 Å². The Labute approximate surface area is 151 Å². The summed E-state index contributed by atoms with van der Waals surface area (Å²) in [5.41, 5.74) is 7.02. The predicted octanol–water partition coefficient (Wildman–Crippen LogP) is 2.94. The second-order valence-corrected chi connectivity index (χ2v) is 6.05. The van der Waals surface area contributed by atoms with Gasteiger partial charge in [-0.25, -0.2) is 0 Å². The fraction of sp³-hybridized carbons (Fsp3) is 0.611. The van der Waals surface area contributed by atoms with Crippen molar-refractivity contribution in [3.63, 3.8) is 0 Å². The van der Waals surface area contributed by atoms with Crippen molar-refractivity contribution in [1.82, 2.24) is 5.32 Å². The Balaban J connectivity index is 0.00000529. The fourth-order valence-corrected chi connectivity index (χ4v) is 2.40. The maximum atomic E-state index is 11.8. The molecule has 0 aliphatic carbocycles. The number of benzene rings is 1. The minimum atomic E-state index is -0.416. The number of aryl methyl sites for hydroxylation is 1. The quantitative estimate of drug-likeness (QED) is 0.631. The molecular formula is C18H31ClN2O3. The van der Waals surface area contributed by atoms with Crippen LogP contribution in [0.4, 0.5) is 0 Å². The van der Waals surface area contributed by atoms with E-state index in [0.717, 1.165) is 29.9 Å². The van der Waals surface area contributed by atoms with Crippen LogP contribution in [0.25, 0.3) is 0 Å². The Bertz CT molecular complexity index is 495. The summed E-state index contributed by atoms with van der Waals surface area (Å²) in [4.78, 5) is 11.8. The van der Waals surface area contributed by atoms with Crippen LogP contribution < -0.4 is 20.5 Å². The van der Waals surface area contributed by atoms with Gasteiger partial charge in [-0.15, -0.1) is 12.4 Å². The molecule has 0 saturated carbocycles. The molecule has 6 heteroatoms. The molecule has 0 heterocycles. The minimum absolute atomic E-state index is 0. The maximum Gasteiger partial charge on any atom is 0.236 e. The molecule has 0 fully saturated rings. The lowest BCUT2D eigenvalue weighted by molar-refractivity contribution is -0.122. The summed E-state index contributed by atoms with van der Waals surface area (Å²) < 4.78 is 10.8. The highest BCUT2D eigenvalue weighted by atomic mass is 35.5. The van der Waals surface area contributed by atoms with Gasteiger partial charge >= 0.3 is 0 Å². The zero-order valence-electron chi connectivity index (χ0n) is 15.1. The van der Waals surface area contributed by atoms with Gasteiger partial charge in [-0.2, -0.15) is 0 Å². The number of carbonyl (C=O) groups excluding carboxylic acids is 1. The third kappa shape index (κ3) is 7.88. The summed E-state index contributed by atoms with van der Waals surface area (Å²) in [6.07, 6.45) is 2.43. The van der Waals surface area contributed by atoms with Gasteiger partial charge in [-0.3, -0.25) is 4.79 Å². The lowest BCUT2D eigenvalue weighted by Crippen LogP contribution is -2.41. The molecule has 0 spiro atoms. The third-order valence-corrected chi connectivity index (χ3v) is 3.53. The highest BCUT2D eigenvalue weighted by Crippen LogP contribution is 2.28. The Morgan fingerprint density at radius 3 is 2.58 bits per heavy atom. The Hall–Kier alpha value is -1.46. The number of ether oxygens (including phenoxy) is 2. The van der Waals surface area contributed by atoms with Gasteiger partial charge in [0.05, 0.1) is 19.8 Å². The van der Waals surface area contributed by atoms with E-state index in [9.17, 15) is 4.79 Å². The molecule has 0 aliphatic heterocycles. The van der Waals surface area contributed by atoms with Gasteiger partial charge in [0.25, 0.3) is 0 Å². The van der Waals surface area contributed by atoms with E-state index in [0.29, 0.717) is 25.5 Å². The molecule has 24 heavy (non-hydrogen) atoms. The monoisotopic (exact) mass is 358 g/mol. The summed E-state index contributed by atoms with van der Waals surface area (Å²) >= 11 is 0. The molecule has 0 bridgehead atoms. The van der Waals surface area contributed by atoms with Crippen LogP contribution in [0.15, 0.2) is 18.2 Å². The lowest BCUT2D eigenvalue weighted by atomic mass is 10.0. The largest absolute Gasteiger partial charge is 0.493 e. The van der Waals surface area contributed by atoms with Gasteiger partial charge in [-0.05, 0) is 49.8 Å². The Morgan fingerprint density at radius 1 is 1.29 bits per heavy atom. The van der Waals surface area contributed by atoms with E-state index in [2.05, 4.69) is 19.2 Å². The first-order valence-electron chi connectivity index (χ1n) is 8.30. The van der Waals surface area contributed by atoms with Gasteiger partial charge in [0.15, 0.2) is 11.5 Å². The summed E-state index contributed by atoms with van der Waals surface area (Å²) in [7, 11) is 1.63. The summed E-state index contributed by atoms with van der Waals surface area (Å²) in [5.74, 6) is 1.86. The first-order chi connectivity index (χ1) is 11.0. The zero-order chi connectivity index (χ0) is 17.2. The number of hydrogen-bond donors (Lipinski definition) is 2. The molecular weight excluding hydrogens is 328 g/mol. The van der Waals surface area contributed by atoms with Gasteiger partial charge in [0.1, 0.15) is 0 Å². The van der Waals surface area contributed by atoms with E-state index < -0.39 is 6.04 Å². The molecule has 5 nitrogen and oxygen atoms in total. The van der Waals surface area contributed by atoms with Crippen LogP contribution in [-0.4, -0.2) is 32.2 Å².